The lowest BCUT2D eigenvalue weighted by Crippen LogP contribution is -2.28. The number of nitrogens with zero attached hydrogens (tertiary/aromatic N) is 1. The van der Waals surface area contributed by atoms with E-state index >= 15 is 0 Å². The highest BCUT2D eigenvalue weighted by molar-refractivity contribution is 5.90. The lowest BCUT2D eigenvalue weighted by Gasteiger charge is -2.14. The van der Waals surface area contributed by atoms with Crippen LogP contribution in [0.1, 0.15) is 24.2 Å². The van der Waals surface area contributed by atoms with Crippen molar-refractivity contribution in [1.29, 1.82) is 0 Å². The first-order valence-electron chi connectivity index (χ1n) is 7.41. The van der Waals surface area contributed by atoms with Crippen LogP contribution in [0.25, 0.3) is 10.8 Å². The number of nitrogens with one attached hydrogen (secondary N) is 1. The standard InChI is InChI=1S/C19H18N2O/c1-14(18-11-4-5-12-20-18)21-19(22)13-16-9-6-8-15-7-2-3-10-17(15)16/h2-12,14H,13H2,1H3,(H,21,22). The highest BCUT2D eigenvalue weighted by Crippen LogP contribution is 2.19. The van der Waals surface area contributed by atoms with Crippen LogP contribution in [-0.4, -0.2) is 10.9 Å². The Balaban J connectivity index is 1.74. The molecule has 0 aliphatic heterocycles. The Labute approximate surface area is 130 Å². The molecule has 1 N–H and O–H groups in total. The van der Waals surface area contributed by atoms with Crippen molar-refractivity contribution < 1.29 is 4.79 Å². The molecule has 0 radical (unpaired) electrons. The van der Waals surface area contributed by atoms with Crippen LogP contribution in [0.5, 0.6) is 0 Å². The van der Waals surface area contributed by atoms with Crippen molar-refractivity contribution in [3.8, 4) is 0 Å². The van der Waals surface area contributed by atoms with E-state index in [9.17, 15) is 4.79 Å². The molecule has 0 saturated carbocycles. The second-order valence-corrected chi connectivity index (χ2v) is 5.36. The minimum atomic E-state index is -0.0938. The van der Waals surface area contributed by atoms with Crippen molar-refractivity contribution in [3.05, 3.63) is 78.1 Å². The Morgan fingerprint density at radius 1 is 1.05 bits per heavy atom. The summed E-state index contributed by atoms with van der Waals surface area (Å²) in [5.74, 6) is 0.00880. The molecule has 2 aromatic carbocycles. The smallest absolute Gasteiger partial charge is 0.224 e. The Morgan fingerprint density at radius 2 is 1.82 bits per heavy atom. The topological polar surface area (TPSA) is 42.0 Å². The zero-order valence-corrected chi connectivity index (χ0v) is 12.5. The van der Waals surface area contributed by atoms with E-state index in [2.05, 4.69) is 28.5 Å². The van der Waals surface area contributed by atoms with Crippen LogP contribution in [0.3, 0.4) is 0 Å². The molecule has 3 rings (SSSR count). The molecule has 0 saturated heterocycles. The fourth-order valence-electron chi connectivity index (χ4n) is 2.62. The molecule has 0 aliphatic carbocycles. The summed E-state index contributed by atoms with van der Waals surface area (Å²) in [5.41, 5.74) is 1.91. The number of pyridine rings is 1. The number of hydrogen-bond donors (Lipinski definition) is 1. The second-order valence-electron chi connectivity index (χ2n) is 5.36. The summed E-state index contributed by atoms with van der Waals surface area (Å²) in [6.45, 7) is 1.95. The zero-order valence-electron chi connectivity index (χ0n) is 12.5. The molecule has 1 amide bonds. The first-order valence-corrected chi connectivity index (χ1v) is 7.41. The summed E-state index contributed by atoms with van der Waals surface area (Å²) in [6.07, 6.45) is 2.11. The van der Waals surface area contributed by atoms with Crippen molar-refractivity contribution in [3.63, 3.8) is 0 Å². The van der Waals surface area contributed by atoms with Crippen LogP contribution < -0.4 is 5.32 Å². The van der Waals surface area contributed by atoms with Crippen molar-refractivity contribution in [2.24, 2.45) is 0 Å². The molecule has 3 nitrogen and oxygen atoms in total. The van der Waals surface area contributed by atoms with Gasteiger partial charge in [0.15, 0.2) is 0 Å². The molecule has 1 unspecified atom stereocenters. The molecule has 0 bridgehead atoms. The minimum absolute atomic E-state index is 0.00880. The van der Waals surface area contributed by atoms with E-state index in [1.54, 1.807) is 6.20 Å². The van der Waals surface area contributed by atoms with Gasteiger partial charge in [0.25, 0.3) is 0 Å². The van der Waals surface area contributed by atoms with Gasteiger partial charge in [-0.3, -0.25) is 9.78 Å². The fraction of sp³-hybridized carbons (Fsp3) is 0.158. The van der Waals surface area contributed by atoms with Crippen LogP contribution in [0.15, 0.2) is 66.9 Å². The zero-order chi connectivity index (χ0) is 15.4. The van der Waals surface area contributed by atoms with Crippen LogP contribution in [0.2, 0.25) is 0 Å². The van der Waals surface area contributed by atoms with E-state index in [-0.39, 0.29) is 11.9 Å². The molecule has 3 heteroatoms. The van der Waals surface area contributed by atoms with Crippen molar-refractivity contribution in [2.75, 3.05) is 0 Å². The van der Waals surface area contributed by atoms with Crippen molar-refractivity contribution in [2.45, 2.75) is 19.4 Å². The Kier molecular flexibility index (Phi) is 4.15. The maximum absolute atomic E-state index is 12.3. The third kappa shape index (κ3) is 3.14. The van der Waals surface area contributed by atoms with E-state index in [0.717, 1.165) is 22.0 Å². The molecule has 3 aromatic rings. The maximum Gasteiger partial charge on any atom is 0.224 e. The van der Waals surface area contributed by atoms with Gasteiger partial charge in [0.05, 0.1) is 18.2 Å². The van der Waals surface area contributed by atoms with Gasteiger partial charge >= 0.3 is 0 Å². The summed E-state index contributed by atoms with van der Waals surface area (Å²) in [4.78, 5) is 16.6. The van der Waals surface area contributed by atoms with Gasteiger partial charge in [-0.05, 0) is 35.4 Å². The molecule has 0 fully saturated rings. The Bertz CT molecular complexity index is 778. The predicted octanol–water partition coefficient (Wildman–Crippen LogP) is 3.65. The number of fused-ring (bicyclic) bond motifs is 1. The number of benzene rings is 2. The lowest BCUT2D eigenvalue weighted by molar-refractivity contribution is -0.121. The molecule has 0 spiro atoms. The molecular weight excluding hydrogens is 272 g/mol. The molecule has 1 heterocycles. The van der Waals surface area contributed by atoms with E-state index in [1.165, 1.54) is 0 Å². The highest BCUT2D eigenvalue weighted by Gasteiger charge is 2.12. The number of carbonyl (C=O) groups is 1. The minimum Gasteiger partial charge on any atom is -0.348 e. The van der Waals surface area contributed by atoms with E-state index in [4.69, 9.17) is 0 Å². The summed E-state index contributed by atoms with van der Waals surface area (Å²) in [7, 11) is 0. The van der Waals surface area contributed by atoms with Gasteiger partial charge < -0.3 is 5.32 Å². The van der Waals surface area contributed by atoms with Gasteiger partial charge in [-0.2, -0.15) is 0 Å². The molecular formula is C19H18N2O. The molecule has 0 aliphatic rings. The van der Waals surface area contributed by atoms with Crippen molar-refractivity contribution in [1.82, 2.24) is 10.3 Å². The number of aromatic nitrogens is 1. The largest absolute Gasteiger partial charge is 0.348 e. The van der Waals surface area contributed by atoms with Crippen molar-refractivity contribution >= 4 is 16.7 Å². The predicted molar refractivity (Wildman–Crippen MR) is 88.4 cm³/mol. The van der Waals surface area contributed by atoms with Gasteiger partial charge in [0.2, 0.25) is 5.91 Å². The number of amides is 1. The quantitative estimate of drug-likeness (QED) is 0.797. The summed E-state index contributed by atoms with van der Waals surface area (Å²) >= 11 is 0. The van der Waals surface area contributed by atoms with Crippen LogP contribution >= 0.6 is 0 Å². The number of hydrogen-bond acceptors (Lipinski definition) is 2. The van der Waals surface area contributed by atoms with Crippen LogP contribution in [-0.2, 0) is 11.2 Å². The number of rotatable bonds is 4. The number of carbonyl (C=O) groups excluding carboxylic acids is 1. The normalized spacial score (nSPS) is 12.0. The van der Waals surface area contributed by atoms with E-state index < -0.39 is 0 Å². The average Bonchev–Trinajstić information content (AvgIpc) is 2.56. The third-order valence-corrected chi connectivity index (χ3v) is 3.74. The SMILES string of the molecule is CC(NC(=O)Cc1cccc2ccccc12)c1ccccn1. The lowest BCUT2D eigenvalue weighted by atomic mass is 10.0. The van der Waals surface area contributed by atoms with Crippen LogP contribution in [0, 0.1) is 0 Å². The molecule has 110 valence electrons. The Hall–Kier alpha value is -2.68. The third-order valence-electron chi connectivity index (χ3n) is 3.74. The fourth-order valence-corrected chi connectivity index (χ4v) is 2.62. The monoisotopic (exact) mass is 290 g/mol. The molecule has 1 aromatic heterocycles. The maximum atomic E-state index is 12.3. The Morgan fingerprint density at radius 3 is 2.64 bits per heavy atom. The first kappa shape index (κ1) is 14.3. The molecule has 22 heavy (non-hydrogen) atoms. The highest BCUT2D eigenvalue weighted by atomic mass is 16.1. The second kappa shape index (κ2) is 6.39. The van der Waals surface area contributed by atoms with Gasteiger partial charge in [0, 0.05) is 6.20 Å². The summed E-state index contributed by atoms with van der Waals surface area (Å²) in [6, 6.07) is 19.8. The summed E-state index contributed by atoms with van der Waals surface area (Å²) < 4.78 is 0. The molecule has 1 atom stereocenters. The van der Waals surface area contributed by atoms with Crippen LogP contribution in [0.4, 0.5) is 0 Å². The van der Waals surface area contributed by atoms with Gasteiger partial charge in [-0.15, -0.1) is 0 Å². The van der Waals surface area contributed by atoms with E-state index in [0.29, 0.717) is 6.42 Å². The van der Waals surface area contributed by atoms with E-state index in [1.807, 2.05) is 49.4 Å². The summed E-state index contributed by atoms with van der Waals surface area (Å²) in [5, 5.41) is 5.30. The first-order chi connectivity index (χ1) is 10.7. The van der Waals surface area contributed by atoms with Gasteiger partial charge in [0.1, 0.15) is 0 Å². The average molecular weight is 290 g/mol. The van der Waals surface area contributed by atoms with Gasteiger partial charge in [-0.1, -0.05) is 48.5 Å². The van der Waals surface area contributed by atoms with Gasteiger partial charge in [-0.25, -0.2) is 0 Å².